The molecule has 0 fully saturated rings. The molecule has 3 N–H and O–H groups in total. The summed E-state index contributed by atoms with van der Waals surface area (Å²) in [6, 6.07) is 25.6. The van der Waals surface area contributed by atoms with Crippen molar-refractivity contribution >= 4 is 57.0 Å². The predicted molar refractivity (Wildman–Crippen MR) is 227 cm³/mol. The Bertz CT molecular complexity index is 1660. The standard InChI is InChI=1S/C36H60N2O12S2Si4/c1-41-53(42-2,27-16-26-51-9)49-55(45-5,46-6)29-30-56(47-7,48-8)50-54(43-3,44-4)28-25-31-21-23-34(24-22-31)52(39,40)38-36(33-19-14-11-15-20-33)35(37)32-17-12-10-13-18-32/h10-15,17-24,35-36,38H,16,25-30,37H2,1-9H3/t35-,36-/m1/s1. The molecule has 3 aromatic rings. The van der Waals surface area contributed by atoms with E-state index in [2.05, 4.69) is 4.72 Å². The van der Waals surface area contributed by atoms with E-state index in [1.807, 2.05) is 66.9 Å². The monoisotopic (exact) mass is 888 g/mol. The summed E-state index contributed by atoms with van der Waals surface area (Å²) in [7, 11) is -5.08. The van der Waals surface area contributed by atoms with Gasteiger partial charge in [-0.05, 0) is 53.7 Å². The van der Waals surface area contributed by atoms with Crippen LogP contribution in [0.5, 0.6) is 0 Å². The minimum Gasteiger partial charge on any atom is -0.377 e. The highest BCUT2D eigenvalue weighted by molar-refractivity contribution is 7.98. The molecule has 0 heterocycles. The van der Waals surface area contributed by atoms with Crippen LogP contribution in [0.15, 0.2) is 89.8 Å². The van der Waals surface area contributed by atoms with Gasteiger partial charge in [-0.2, -0.15) is 11.8 Å². The zero-order chi connectivity index (χ0) is 41.3. The second-order valence-corrected chi connectivity index (χ2v) is 27.8. The highest BCUT2D eigenvalue weighted by Crippen LogP contribution is 2.33. The highest BCUT2D eigenvalue weighted by Gasteiger charge is 2.57. The summed E-state index contributed by atoms with van der Waals surface area (Å²) < 4.78 is 91.2. The normalized spacial score (nSPS) is 14.2. The van der Waals surface area contributed by atoms with E-state index in [4.69, 9.17) is 49.4 Å². The number of aryl methyl sites for hydroxylation is 1. The van der Waals surface area contributed by atoms with Crippen LogP contribution in [0.3, 0.4) is 0 Å². The predicted octanol–water partition coefficient (Wildman–Crippen LogP) is 5.66. The van der Waals surface area contributed by atoms with E-state index in [-0.39, 0.29) is 17.0 Å². The van der Waals surface area contributed by atoms with Gasteiger partial charge in [0.1, 0.15) is 0 Å². The van der Waals surface area contributed by atoms with Crippen molar-refractivity contribution in [1.29, 1.82) is 0 Å². The smallest absolute Gasteiger partial charge is 0.377 e. The average molecular weight is 889 g/mol. The molecule has 314 valence electrons. The SMILES string of the molecule is CO[Si](CCCSC)(OC)O[Si](CC[Si](OC)(OC)O[Si](CCc1ccc(S(=O)(=O)N[C@H](c2ccccc2)[C@H](N)c2ccccc2)cc1)(OC)OC)(OC)OC. The van der Waals surface area contributed by atoms with E-state index in [0.717, 1.165) is 28.9 Å². The van der Waals surface area contributed by atoms with E-state index < -0.39 is 57.3 Å². The van der Waals surface area contributed by atoms with Gasteiger partial charge in [0, 0.05) is 81.1 Å². The van der Waals surface area contributed by atoms with Gasteiger partial charge in [0.2, 0.25) is 10.0 Å². The summed E-state index contributed by atoms with van der Waals surface area (Å²) >= 11 is 1.74. The molecule has 14 nitrogen and oxygen atoms in total. The first-order chi connectivity index (χ1) is 26.8. The molecule has 0 radical (unpaired) electrons. The van der Waals surface area contributed by atoms with E-state index in [0.29, 0.717) is 18.5 Å². The van der Waals surface area contributed by atoms with Crippen LogP contribution in [-0.4, -0.2) is 113 Å². The Morgan fingerprint density at radius 3 is 1.43 bits per heavy atom. The van der Waals surface area contributed by atoms with Crippen LogP contribution in [0.25, 0.3) is 0 Å². The van der Waals surface area contributed by atoms with Crippen LogP contribution in [-0.2, 0) is 60.1 Å². The van der Waals surface area contributed by atoms with Crippen molar-refractivity contribution in [3.63, 3.8) is 0 Å². The molecule has 0 saturated carbocycles. The Morgan fingerprint density at radius 2 is 1.00 bits per heavy atom. The summed E-state index contributed by atoms with van der Waals surface area (Å²) in [4.78, 5) is 0.107. The van der Waals surface area contributed by atoms with Crippen LogP contribution < -0.4 is 10.5 Å². The summed E-state index contributed by atoms with van der Waals surface area (Å²) in [6.45, 7) is 0. The van der Waals surface area contributed by atoms with Gasteiger partial charge in [-0.15, -0.1) is 0 Å². The number of rotatable bonds is 28. The number of sulfonamides is 1. The molecular weight excluding hydrogens is 829 g/mol. The Morgan fingerprint density at radius 1 is 0.589 bits per heavy atom. The number of thioether (sulfide) groups is 1. The first kappa shape index (κ1) is 48.7. The van der Waals surface area contributed by atoms with E-state index in [9.17, 15) is 8.42 Å². The molecule has 3 aromatic carbocycles. The lowest BCUT2D eigenvalue weighted by molar-refractivity contribution is 0.0769. The van der Waals surface area contributed by atoms with Crippen molar-refractivity contribution in [2.24, 2.45) is 5.73 Å². The van der Waals surface area contributed by atoms with Crippen molar-refractivity contribution in [1.82, 2.24) is 4.72 Å². The molecule has 0 aliphatic heterocycles. The fourth-order valence-corrected chi connectivity index (χ4v) is 22.1. The Labute approximate surface area is 342 Å². The first-order valence-corrected chi connectivity index (χ1v) is 28.7. The number of nitrogens with one attached hydrogen (secondary N) is 1. The summed E-state index contributed by atoms with van der Waals surface area (Å²) in [5.41, 5.74) is 9.07. The minimum atomic E-state index is -3.97. The maximum absolute atomic E-state index is 13.8. The largest absolute Gasteiger partial charge is 0.493 e. The third-order valence-corrected chi connectivity index (χ3v) is 25.8. The van der Waals surface area contributed by atoms with Gasteiger partial charge < -0.3 is 49.4 Å². The molecule has 3 rings (SSSR count). The number of hydrogen-bond donors (Lipinski definition) is 2. The third-order valence-electron chi connectivity index (χ3n) is 9.62. The molecule has 20 heteroatoms. The van der Waals surface area contributed by atoms with Gasteiger partial charge in [0.05, 0.1) is 17.0 Å². The number of nitrogens with two attached hydrogens (primary N) is 1. The number of hydrogen-bond acceptors (Lipinski definition) is 14. The van der Waals surface area contributed by atoms with E-state index in [1.54, 1.807) is 64.5 Å². The second-order valence-electron chi connectivity index (χ2n) is 12.8. The fourth-order valence-electron chi connectivity index (χ4n) is 6.14. The zero-order valence-electron chi connectivity index (χ0n) is 34.0. The average Bonchev–Trinajstić information content (AvgIpc) is 3.25. The Hall–Kier alpha value is -1.65. The van der Waals surface area contributed by atoms with Crippen LogP contribution in [0.1, 0.15) is 35.2 Å². The second kappa shape index (κ2) is 23.2. The molecule has 0 bridgehead atoms. The van der Waals surface area contributed by atoms with Crippen molar-refractivity contribution < 1.29 is 52.1 Å². The topological polar surface area (TPSA) is 164 Å². The first-order valence-electron chi connectivity index (χ1n) is 18.1. The lowest BCUT2D eigenvalue weighted by atomic mass is 9.95. The molecule has 56 heavy (non-hydrogen) atoms. The maximum Gasteiger partial charge on any atom is 0.493 e. The van der Waals surface area contributed by atoms with Gasteiger partial charge in [-0.25, -0.2) is 13.1 Å². The van der Waals surface area contributed by atoms with E-state index in [1.165, 1.54) is 28.4 Å². The Balaban J connectivity index is 1.78. The molecule has 0 saturated heterocycles. The third kappa shape index (κ3) is 13.2. The van der Waals surface area contributed by atoms with Crippen LogP contribution in [0, 0.1) is 0 Å². The lowest BCUT2D eigenvalue weighted by Crippen LogP contribution is -2.60. The van der Waals surface area contributed by atoms with Gasteiger partial charge >= 0.3 is 35.2 Å². The lowest BCUT2D eigenvalue weighted by Gasteiger charge is -2.39. The Kier molecular flexibility index (Phi) is 20.2. The molecular formula is C36H60N2O12S2Si4. The molecule has 0 aromatic heterocycles. The van der Waals surface area contributed by atoms with Crippen LogP contribution >= 0.6 is 11.8 Å². The molecule has 0 amide bonds. The molecule has 0 spiro atoms. The summed E-state index contributed by atoms with van der Waals surface area (Å²) in [6.07, 6.45) is 3.34. The van der Waals surface area contributed by atoms with Crippen LogP contribution in [0.4, 0.5) is 0 Å². The van der Waals surface area contributed by atoms with Crippen molar-refractivity contribution in [3.8, 4) is 0 Å². The minimum absolute atomic E-state index is 0.107. The maximum atomic E-state index is 13.8. The zero-order valence-corrected chi connectivity index (χ0v) is 39.6. The summed E-state index contributed by atoms with van der Waals surface area (Å²) in [5.74, 6) is 0.928. The molecule has 0 aliphatic carbocycles. The fraction of sp³-hybridized carbons (Fsp3) is 0.500. The number of benzene rings is 3. The molecule has 0 aliphatic rings. The van der Waals surface area contributed by atoms with Crippen molar-refractivity contribution in [2.75, 3.05) is 68.9 Å². The van der Waals surface area contributed by atoms with Crippen molar-refractivity contribution in [3.05, 3.63) is 102 Å². The van der Waals surface area contributed by atoms with Gasteiger partial charge in [-0.3, -0.25) is 0 Å². The van der Waals surface area contributed by atoms with Crippen molar-refractivity contribution in [2.45, 2.75) is 54.0 Å². The van der Waals surface area contributed by atoms with Gasteiger partial charge in [-0.1, -0.05) is 72.8 Å². The molecule has 2 atom stereocenters. The molecule has 0 unspecified atom stereocenters. The van der Waals surface area contributed by atoms with E-state index >= 15 is 0 Å². The summed E-state index contributed by atoms with van der Waals surface area (Å²) in [5, 5.41) is 0. The van der Waals surface area contributed by atoms with Crippen LogP contribution in [0.2, 0.25) is 24.2 Å². The quantitative estimate of drug-likeness (QED) is 0.0678. The van der Waals surface area contributed by atoms with Gasteiger partial charge in [0.15, 0.2) is 0 Å². The van der Waals surface area contributed by atoms with Gasteiger partial charge in [0.25, 0.3) is 0 Å². The highest BCUT2D eigenvalue weighted by atomic mass is 32.2.